The van der Waals surface area contributed by atoms with Gasteiger partial charge in [-0.2, -0.15) is 5.10 Å². The Labute approximate surface area is 190 Å². The van der Waals surface area contributed by atoms with Crippen LogP contribution in [0.1, 0.15) is 43.4 Å². The molecule has 1 amide bonds. The largest absolute Gasteiger partial charge is 0.485 e. The van der Waals surface area contributed by atoms with E-state index in [1.165, 1.54) is 11.6 Å². The molecule has 0 unspecified atom stereocenters. The molecule has 1 saturated heterocycles. The van der Waals surface area contributed by atoms with Crippen LogP contribution in [0, 0.1) is 11.7 Å². The number of aliphatic hydroxyl groups excluding tert-OH is 3. The van der Waals surface area contributed by atoms with E-state index in [0.717, 1.165) is 24.2 Å². The average molecular weight is 465 g/mol. The molecule has 1 aliphatic carbocycles. The van der Waals surface area contributed by atoms with Crippen molar-refractivity contribution in [2.24, 2.45) is 0 Å². The fourth-order valence-electron chi connectivity index (χ4n) is 3.96. The summed E-state index contributed by atoms with van der Waals surface area (Å²) in [6, 6.07) is 6.84. The second-order valence-corrected chi connectivity index (χ2v) is 8.62. The van der Waals surface area contributed by atoms with Crippen molar-refractivity contribution in [3.05, 3.63) is 40.4 Å². The minimum Gasteiger partial charge on any atom is -0.485 e. The second kappa shape index (κ2) is 9.28. The van der Waals surface area contributed by atoms with Gasteiger partial charge in [0, 0.05) is 13.0 Å². The van der Waals surface area contributed by atoms with Crippen LogP contribution in [0.5, 0.6) is 5.75 Å². The van der Waals surface area contributed by atoms with Crippen molar-refractivity contribution in [2.45, 2.75) is 69.9 Å². The normalized spacial score (nSPS) is 27.8. The Hall–Kier alpha value is -2.31. The number of aryl methyl sites for hydroxylation is 1. The first-order valence-electron chi connectivity index (χ1n) is 10.6. The van der Waals surface area contributed by atoms with Crippen molar-refractivity contribution in [3.63, 3.8) is 0 Å². The molecule has 4 rings (SSSR count). The number of rotatable bonds is 7. The molecule has 1 aromatic heterocycles. The first-order chi connectivity index (χ1) is 15.3. The predicted octanol–water partition coefficient (Wildman–Crippen LogP) is 0.753. The molecule has 4 N–H and O–H groups in total. The van der Waals surface area contributed by atoms with Crippen molar-refractivity contribution in [2.75, 3.05) is 6.61 Å². The van der Waals surface area contributed by atoms with Crippen LogP contribution >= 0.6 is 12.2 Å². The van der Waals surface area contributed by atoms with Gasteiger partial charge in [0.1, 0.15) is 36.7 Å². The summed E-state index contributed by atoms with van der Waals surface area (Å²) in [7, 11) is 0. The lowest BCUT2D eigenvalue weighted by molar-refractivity contribution is -0.219. The molecule has 32 heavy (non-hydrogen) atoms. The molecule has 1 aromatic carbocycles. The summed E-state index contributed by atoms with van der Waals surface area (Å²) in [4.78, 5) is 11.8. The Balaban J connectivity index is 1.68. The number of benzene rings is 1. The molecule has 1 saturated carbocycles. The molecule has 1 aliphatic heterocycles. The van der Waals surface area contributed by atoms with Gasteiger partial charge in [0.25, 0.3) is 0 Å². The number of hydrogen-bond donors (Lipinski definition) is 4. The van der Waals surface area contributed by atoms with Crippen LogP contribution in [0.2, 0.25) is 0 Å². The first-order valence-corrected chi connectivity index (χ1v) is 11.0. The molecular formula is C21H28N4O6S. The van der Waals surface area contributed by atoms with Gasteiger partial charge in [0.15, 0.2) is 12.1 Å². The van der Waals surface area contributed by atoms with Crippen LogP contribution in [0.4, 0.5) is 0 Å². The molecule has 2 aromatic rings. The SMILES string of the molecule is CC(=O)N[C@@H]1[C@@H](O)[C@H](O)[C@@H](CO)O[C@H]1n1nc(COc2ccccc2C)n(C2CC2)c1=S. The summed E-state index contributed by atoms with van der Waals surface area (Å²) in [5.74, 6) is 0.917. The Morgan fingerprint density at radius 2 is 2.03 bits per heavy atom. The van der Waals surface area contributed by atoms with Crippen LogP contribution in [0.15, 0.2) is 24.3 Å². The van der Waals surface area contributed by atoms with E-state index < -0.39 is 43.1 Å². The lowest BCUT2D eigenvalue weighted by atomic mass is 9.96. The summed E-state index contributed by atoms with van der Waals surface area (Å²) in [6.07, 6.45) is -2.91. The van der Waals surface area contributed by atoms with E-state index >= 15 is 0 Å². The van der Waals surface area contributed by atoms with E-state index in [0.29, 0.717) is 10.6 Å². The summed E-state index contributed by atoms with van der Waals surface area (Å²) < 4.78 is 15.5. The molecule has 174 valence electrons. The van der Waals surface area contributed by atoms with E-state index in [1.54, 1.807) is 0 Å². The maximum absolute atomic E-state index is 11.8. The highest BCUT2D eigenvalue weighted by atomic mass is 32.1. The number of nitrogens with zero attached hydrogens (tertiary/aromatic N) is 3. The Morgan fingerprint density at radius 1 is 1.31 bits per heavy atom. The van der Waals surface area contributed by atoms with Gasteiger partial charge in [-0.15, -0.1) is 0 Å². The van der Waals surface area contributed by atoms with Crippen molar-refractivity contribution < 1.29 is 29.6 Å². The van der Waals surface area contributed by atoms with Crippen LogP contribution in [0.25, 0.3) is 0 Å². The maximum Gasteiger partial charge on any atom is 0.217 e. The Bertz CT molecular complexity index is 1040. The zero-order chi connectivity index (χ0) is 23.0. The van der Waals surface area contributed by atoms with Crippen LogP contribution in [0.3, 0.4) is 0 Å². The van der Waals surface area contributed by atoms with Gasteiger partial charge >= 0.3 is 0 Å². The smallest absolute Gasteiger partial charge is 0.217 e. The van der Waals surface area contributed by atoms with E-state index in [-0.39, 0.29) is 12.6 Å². The van der Waals surface area contributed by atoms with Crippen molar-refractivity contribution in [1.29, 1.82) is 0 Å². The predicted molar refractivity (Wildman–Crippen MR) is 115 cm³/mol. The van der Waals surface area contributed by atoms with E-state index in [4.69, 9.17) is 21.7 Å². The zero-order valence-corrected chi connectivity index (χ0v) is 18.7. The number of carbonyl (C=O) groups is 1. The third-order valence-corrected chi connectivity index (χ3v) is 6.16. The Kier molecular flexibility index (Phi) is 6.63. The lowest BCUT2D eigenvalue weighted by Gasteiger charge is -2.42. The maximum atomic E-state index is 11.8. The topological polar surface area (TPSA) is 131 Å². The molecule has 10 nitrogen and oxygen atoms in total. The minimum absolute atomic E-state index is 0.171. The highest BCUT2D eigenvalue weighted by Gasteiger charge is 2.47. The van der Waals surface area contributed by atoms with E-state index in [1.807, 2.05) is 35.8 Å². The third-order valence-electron chi connectivity index (χ3n) is 5.78. The summed E-state index contributed by atoms with van der Waals surface area (Å²) in [5, 5.41) is 37.8. The molecule has 0 spiro atoms. The number of hydrogen-bond acceptors (Lipinski definition) is 8. The van der Waals surface area contributed by atoms with Crippen LogP contribution < -0.4 is 10.1 Å². The van der Waals surface area contributed by atoms with Gasteiger partial charge in [0.2, 0.25) is 10.7 Å². The van der Waals surface area contributed by atoms with Gasteiger partial charge in [-0.25, -0.2) is 4.68 Å². The van der Waals surface area contributed by atoms with Gasteiger partial charge in [0.05, 0.1) is 6.61 Å². The van der Waals surface area contributed by atoms with E-state index in [2.05, 4.69) is 10.4 Å². The van der Waals surface area contributed by atoms with Crippen molar-refractivity contribution >= 4 is 18.1 Å². The molecule has 2 fully saturated rings. The first kappa shape index (κ1) is 22.9. The van der Waals surface area contributed by atoms with Crippen molar-refractivity contribution in [3.8, 4) is 5.75 Å². The zero-order valence-electron chi connectivity index (χ0n) is 17.9. The minimum atomic E-state index is -1.38. The summed E-state index contributed by atoms with van der Waals surface area (Å²) in [5.41, 5.74) is 0.993. The number of aromatic nitrogens is 3. The van der Waals surface area contributed by atoms with Gasteiger partial charge in [-0.05, 0) is 43.6 Å². The van der Waals surface area contributed by atoms with E-state index in [9.17, 15) is 20.1 Å². The lowest BCUT2D eigenvalue weighted by Crippen LogP contribution is -2.62. The fraction of sp³-hybridized carbons (Fsp3) is 0.571. The van der Waals surface area contributed by atoms with Gasteiger partial charge in [-0.1, -0.05) is 18.2 Å². The highest BCUT2D eigenvalue weighted by molar-refractivity contribution is 7.71. The van der Waals surface area contributed by atoms with Crippen molar-refractivity contribution in [1.82, 2.24) is 19.7 Å². The van der Waals surface area contributed by atoms with Crippen LogP contribution in [-0.4, -0.2) is 66.5 Å². The standard InChI is InChI=1S/C21H28N4O6S/c1-11-5-3-4-6-14(11)30-10-16-23-25(21(32)24(16)13-7-8-13)20-17(22-12(2)27)19(29)18(28)15(9-26)31-20/h3-6,13,15,17-20,26,28-29H,7-10H2,1-2H3,(H,22,27)/t15-,17-,18-,19-,20-/m1/s1. The number of aliphatic hydroxyl groups is 3. The molecule has 2 heterocycles. The Morgan fingerprint density at radius 3 is 2.66 bits per heavy atom. The number of carbonyl (C=O) groups excluding carboxylic acids is 1. The molecule has 2 aliphatic rings. The average Bonchev–Trinajstić information content (AvgIpc) is 3.54. The summed E-state index contributed by atoms with van der Waals surface area (Å²) >= 11 is 5.68. The molecule has 0 radical (unpaired) electrons. The highest BCUT2D eigenvalue weighted by Crippen LogP contribution is 2.38. The van der Waals surface area contributed by atoms with Crippen LogP contribution in [-0.2, 0) is 16.1 Å². The number of ether oxygens (including phenoxy) is 2. The number of para-hydroxylation sites is 1. The van der Waals surface area contributed by atoms with Gasteiger partial charge in [-0.3, -0.25) is 9.36 Å². The number of amides is 1. The molecule has 5 atom stereocenters. The summed E-state index contributed by atoms with van der Waals surface area (Å²) in [6.45, 7) is 2.92. The van der Waals surface area contributed by atoms with Gasteiger partial charge < -0.3 is 30.1 Å². The number of nitrogens with one attached hydrogen (secondary N) is 1. The monoisotopic (exact) mass is 464 g/mol. The molecular weight excluding hydrogens is 436 g/mol. The molecule has 0 bridgehead atoms. The fourth-order valence-corrected chi connectivity index (χ4v) is 4.36. The third kappa shape index (κ3) is 4.44. The quantitative estimate of drug-likeness (QED) is 0.442. The second-order valence-electron chi connectivity index (χ2n) is 8.25. The molecule has 11 heteroatoms.